The lowest BCUT2D eigenvalue weighted by Gasteiger charge is -2.17. The van der Waals surface area contributed by atoms with E-state index in [1.807, 2.05) is 61.5 Å². The number of rotatable bonds is 10. The summed E-state index contributed by atoms with van der Waals surface area (Å²) < 4.78 is 1.00. The summed E-state index contributed by atoms with van der Waals surface area (Å²) in [6, 6.07) is 38.4. The summed E-state index contributed by atoms with van der Waals surface area (Å²) in [7, 11) is 0. The number of benzene rings is 5. The van der Waals surface area contributed by atoms with E-state index in [1.165, 1.54) is 23.1 Å². The number of aryl methyl sites for hydroxylation is 1. The third-order valence-electron chi connectivity index (χ3n) is 7.15. The summed E-state index contributed by atoms with van der Waals surface area (Å²) in [6.07, 6.45) is 1.57. The molecule has 10 heteroatoms. The van der Waals surface area contributed by atoms with Gasteiger partial charge in [0.2, 0.25) is 5.91 Å². The lowest BCUT2D eigenvalue weighted by atomic mass is 10.1. The predicted octanol–water partition coefficient (Wildman–Crippen LogP) is 9.14. The fourth-order valence-electron chi connectivity index (χ4n) is 4.84. The number of fused-ring (bicyclic) bond motifs is 1. The number of thioether (sulfide) groups is 1. The van der Waals surface area contributed by atoms with Crippen LogP contribution in [-0.2, 0) is 9.59 Å². The van der Waals surface area contributed by atoms with E-state index in [9.17, 15) is 14.4 Å². The maximum absolute atomic E-state index is 13.7. The molecule has 0 saturated heterocycles. The molecule has 0 spiro atoms. The average molecular weight is 689 g/mol. The quantitative estimate of drug-likeness (QED) is 0.0985. The molecule has 7 nitrogen and oxygen atoms in total. The highest BCUT2D eigenvalue weighted by Gasteiger charge is 2.24. The molecule has 3 amide bonds. The smallest absolute Gasteiger partial charge is 0.272 e. The highest BCUT2D eigenvalue weighted by Crippen LogP contribution is 2.38. The van der Waals surface area contributed by atoms with Crippen LogP contribution in [0.5, 0.6) is 0 Å². The maximum atomic E-state index is 13.7. The molecule has 0 aliphatic carbocycles. The third-order valence-corrected chi connectivity index (χ3v) is 9.57. The molecule has 0 radical (unpaired) electrons. The Labute approximate surface area is 291 Å². The standard InChI is InChI=1S/C38H29ClN4O3S2/c1-24-18-19-31-33(20-24)48-38(42-31)43-37(46)34(26-11-4-2-5-12-26)47-30-17-9-16-29(23-30)40-36(45)32(22-25-10-8-15-28(39)21-25)41-35(44)27-13-6-3-7-14-27/h2-23,34H,1H3,(H,40,45)(H,41,44)(H,42,43,46)/b32-22-. The second-order valence-corrected chi connectivity index (χ2v) is 13.4. The second kappa shape index (κ2) is 15.1. The van der Waals surface area contributed by atoms with E-state index in [1.54, 1.807) is 72.8 Å². The molecule has 1 aromatic heterocycles. The van der Waals surface area contributed by atoms with Gasteiger partial charge < -0.3 is 16.0 Å². The zero-order valence-corrected chi connectivity index (χ0v) is 28.0. The minimum Gasteiger partial charge on any atom is -0.321 e. The van der Waals surface area contributed by atoms with Gasteiger partial charge in [-0.25, -0.2) is 4.98 Å². The zero-order valence-electron chi connectivity index (χ0n) is 25.6. The van der Waals surface area contributed by atoms with Gasteiger partial charge in [0, 0.05) is 21.2 Å². The first kappa shape index (κ1) is 32.7. The SMILES string of the molecule is Cc1ccc2nc(NC(=O)C(Sc3cccc(NC(=O)/C(=C/c4cccc(Cl)c4)NC(=O)c4ccccc4)c3)c3ccccc3)sc2c1. The topological polar surface area (TPSA) is 100 Å². The lowest BCUT2D eigenvalue weighted by Crippen LogP contribution is -2.30. The van der Waals surface area contributed by atoms with E-state index in [0.29, 0.717) is 27.0 Å². The van der Waals surface area contributed by atoms with Gasteiger partial charge in [0.05, 0.1) is 10.2 Å². The van der Waals surface area contributed by atoms with Gasteiger partial charge in [-0.3, -0.25) is 14.4 Å². The van der Waals surface area contributed by atoms with Crippen LogP contribution >= 0.6 is 34.7 Å². The van der Waals surface area contributed by atoms with Crippen molar-refractivity contribution >= 4 is 79.5 Å². The van der Waals surface area contributed by atoms with Crippen LogP contribution in [0.3, 0.4) is 0 Å². The van der Waals surface area contributed by atoms with Crippen LogP contribution in [0, 0.1) is 6.92 Å². The molecule has 0 saturated carbocycles. The maximum Gasteiger partial charge on any atom is 0.272 e. The molecule has 3 N–H and O–H groups in total. The van der Waals surface area contributed by atoms with Crippen LogP contribution in [-0.4, -0.2) is 22.7 Å². The first-order chi connectivity index (χ1) is 23.3. The normalized spacial score (nSPS) is 11.9. The minimum absolute atomic E-state index is 0.0387. The molecule has 1 heterocycles. The average Bonchev–Trinajstić information content (AvgIpc) is 3.49. The fraction of sp³-hybridized carbons (Fsp3) is 0.0526. The molecule has 6 aromatic rings. The van der Waals surface area contributed by atoms with E-state index in [2.05, 4.69) is 27.0 Å². The Morgan fingerprint density at radius 2 is 1.56 bits per heavy atom. The zero-order chi connectivity index (χ0) is 33.5. The van der Waals surface area contributed by atoms with Crippen molar-refractivity contribution < 1.29 is 14.4 Å². The van der Waals surface area contributed by atoms with Gasteiger partial charge >= 0.3 is 0 Å². The highest BCUT2D eigenvalue weighted by molar-refractivity contribution is 8.00. The Kier molecular flexibility index (Phi) is 10.3. The fourth-order valence-corrected chi connectivity index (χ4v) is 7.09. The van der Waals surface area contributed by atoms with Crippen molar-refractivity contribution in [2.24, 2.45) is 0 Å². The molecular formula is C38H29ClN4O3S2. The monoisotopic (exact) mass is 688 g/mol. The van der Waals surface area contributed by atoms with Crippen molar-refractivity contribution in [3.63, 3.8) is 0 Å². The van der Waals surface area contributed by atoms with Gasteiger partial charge in [-0.15, -0.1) is 11.8 Å². The highest BCUT2D eigenvalue weighted by atomic mass is 35.5. The molecule has 1 atom stereocenters. The number of aromatic nitrogens is 1. The number of nitrogens with one attached hydrogen (secondary N) is 3. The van der Waals surface area contributed by atoms with Crippen LogP contribution in [0.4, 0.5) is 10.8 Å². The Morgan fingerprint density at radius 1 is 0.812 bits per heavy atom. The number of hydrogen-bond donors (Lipinski definition) is 3. The number of carbonyl (C=O) groups excluding carboxylic acids is 3. The van der Waals surface area contributed by atoms with Crippen molar-refractivity contribution in [2.45, 2.75) is 17.1 Å². The summed E-state index contributed by atoms with van der Waals surface area (Å²) in [5.41, 5.74) is 4.36. The Balaban J connectivity index is 1.23. The molecule has 0 aliphatic heterocycles. The predicted molar refractivity (Wildman–Crippen MR) is 196 cm³/mol. The van der Waals surface area contributed by atoms with Crippen molar-refractivity contribution in [1.82, 2.24) is 10.3 Å². The number of halogens is 1. The summed E-state index contributed by atoms with van der Waals surface area (Å²) >= 11 is 8.97. The van der Waals surface area contributed by atoms with E-state index < -0.39 is 17.1 Å². The van der Waals surface area contributed by atoms with Crippen molar-refractivity contribution in [1.29, 1.82) is 0 Å². The summed E-state index contributed by atoms with van der Waals surface area (Å²) in [5.74, 6) is -1.17. The van der Waals surface area contributed by atoms with Crippen molar-refractivity contribution in [3.05, 3.63) is 160 Å². The number of anilines is 2. The lowest BCUT2D eigenvalue weighted by molar-refractivity contribution is -0.116. The largest absolute Gasteiger partial charge is 0.321 e. The van der Waals surface area contributed by atoms with E-state index in [0.717, 1.165) is 26.2 Å². The molecule has 0 fully saturated rings. The molecule has 48 heavy (non-hydrogen) atoms. The van der Waals surface area contributed by atoms with Gasteiger partial charge in [0.1, 0.15) is 10.9 Å². The van der Waals surface area contributed by atoms with Crippen LogP contribution in [0.2, 0.25) is 5.02 Å². The number of amides is 3. The second-order valence-electron chi connectivity index (χ2n) is 10.8. The van der Waals surface area contributed by atoms with E-state index in [-0.39, 0.29) is 11.6 Å². The summed E-state index contributed by atoms with van der Waals surface area (Å²) in [5, 5.41) is 9.08. The van der Waals surface area contributed by atoms with Gasteiger partial charge in [-0.2, -0.15) is 0 Å². The van der Waals surface area contributed by atoms with E-state index >= 15 is 0 Å². The van der Waals surface area contributed by atoms with Gasteiger partial charge in [0.15, 0.2) is 5.13 Å². The summed E-state index contributed by atoms with van der Waals surface area (Å²) in [4.78, 5) is 45.8. The van der Waals surface area contributed by atoms with Crippen LogP contribution in [0.1, 0.15) is 32.3 Å². The summed E-state index contributed by atoms with van der Waals surface area (Å²) in [6.45, 7) is 2.02. The van der Waals surface area contributed by atoms with Gasteiger partial charge in [-0.05, 0) is 84.3 Å². The van der Waals surface area contributed by atoms with Crippen molar-refractivity contribution in [3.8, 4) is 0 Å². The van der Waals surface area contributed by atoms with Gasteiger partial charge in [-0.1, -0.05) is 95.7 Å². The number of nitrogens with zero attached hydrogens (tertiary/aromatic N) is 1. The van der Waals surface area contributed by atoms with E-state index in [4.69, 9.17) is 11.6 Å². The molecular weight excluding hydrogens is 660 g/mol. The van der Waals surface area contributed by atoms with Crippen LogP contribution in [0.15, 0.2) is 138 Å². The number of carbonyl (C=O) groups is 3. The molecule has 6 rings (SSSR count). The first-order valence-corrected chi connectivity index (χ1v) is 17.0. The Morgan fingerprint density at radius 3 is 2.33 bits per heavy atom. The minimum atomic E-state index is -0.602. The Bertz CT molecular complexity index is 2130. The first-order valence-electron chi connectivity index (χ1n) is 15.0. The van der Waals surface area contributed by atoms with Crippen LogP contribution in [0.25, 0.3) is 16.3 Å². The van der Waals surface area contributed by atoms with Gasteiger partial charge in [0.25, 0.3) is 11.8 Å². The molecule has 1 unspecified atom stereocenters. The molecule has 0 bridgehead atoms. The number of hydrogen-bond acceptors (Lipinski definition) is 6. The Hall–Kier alpha value is -5.22. The molecule has 238 valence electrons. The molecule has 5 aromatic carbocycles. The third kappa shape index (κ3) is 8.38. The van der Waals surface area contributed by atoms with Crippen molar-refractivity contribution in [2.75, 3.05) is 10.6 Å². The molecule has 0 aliphatic rings. The van der Waals surface area contributed by atoms with Crippen LogP contribution < -0.4 is 16.0 Å². The number of thiazole rings is 1.